The van der Waals surface area contributed by atoms with Crippen LogP contribution in [0.25, 0.3) is 0 Å². The number of nitrogens with zero attached hydrogens (tertiary/aromatic N) is 1. The molecule has 1 aromatic rings. The van der Waals surface area contributed by atoms with E-state index in [1.807, 2.05) is 42.1 Å². The van der Waals surface area contributed by atoms with Gasteiger partial charge in [0.25, 0.3) is 0 Å². The van der Waals surface area contributed by atoms with Gasteiger partial charge in [0.2, 0.25) is 5.91 Å². The number of aliphatic hydroxyl groups is 1. The van der Waals surface area contributed by atoms with Crippen LogP contribution in [0.2, 0.25) is 0 Å². The highest BCUT2D eigenvalue weighted by Crippen LogP contribution is 2.24. The van der Waals surface area contributed by atoms with E-state index in [0.29, 0.717) is 0 Å². The zero-order valence-corrected chi connectivity index (χ0v) is 12.9. The molecule has 1 amide bonds. The molecule has 5 heteroatoms. The van der Waals surface area contributed by atoms with Crippen LogP contribution in [0.5, 0.6) is 0 Å². The molecule has 1 aliphatic heterocycles. The second-order valence-corrected chi connectivity index (χ2v) is 6.22. The van der Waals surface area contributed by atoms with Crippen molar-refractivity contribution in [1.82, 2.24) is 10.2 Å². The van der Waals surface area contributed by atoms with E-state index >= 15 is 0 Å². The topological polar surface area (TPSA) is 52.6 Å². The maximum Gasteiger partial charge on any atom is 0.242 e. The van der Waals surface area contributed by atoms with Crippen LogP contribution in [0.4, 0.5) is 0 Å². The summed E-state index contributed by atoms with van der Waals surface area (Å²) in [6.45, 7) is 5.30. The van der Waals surface area contributed by atoms with Gasteiger partial charge < -0.3 is 10.4 Å². The fourth-order valence-corrected chi connectivity index (χ4v) is 3.37. The molecule has 0 radical (unpaired) electrons. The van der Waals surface area contributed by atoms with Crippen molar-refractivity contribution >= 4 is 17.7 Å². The smallest absolute Gasteiger partial charge is 0.242 e. The minimum Gasteiger partial charge on any atom is -0.394 e. The van der Waals surface area contributed by atoms with Gasteiger partial charge in [0.15, 0.2) is 0 Å². The number of aliphatic hydroxyl groups excluding tert-OH is 1. The molecule has 1 saturated heterocycles. The van der Waals surface area contributed by atoms with Gasteiger partial charge in [-0.2, -0.15) is 11.8 Å². The fourth-order valence-electron chi connectivity index (χ4n) is 2.44. The number of thioether (sulfide) groups is 1. The van der Waals surface area contributed by atoms with Crippen molar-refractivity contribution in [3.8, 4) is 0 Å². The number of nitrogens with one attached hydrogen (secondary N) is 1. The van der Waals surface area contributed by atoms with Crippen molar-refractivity contribution in [2.45, 2.75) is 12.1 Å². The SMILES string of the molecule is C=C[C@@H](CO)NC(=O)[C@H](c1ccccc1)N1CCSCC1. The third-order valence-electron chi connectivity index (χ3n) is 3.58. The Morgan fingerprint density at radius 1 is 1.38 bits per heavy atom. The number of hydrogen-bond acceptors (Lipinski definition) is 4. The van der Waals surface area contributed by atoms with Crippen LogP contribution in [0, 0.1) is 0 Å². The second-order valence-electron chi connectivity index (χ2n) is 4.99. The lowest BCUT2D eigenvalue weighted by molar-refractivity contribution is -0.127. The average molecular weight is 306 g/mol. The first-order valence-corrected chi connectivity index (χ1v) is 8.32. The van der Waals surface area contributed by atoms with Gasteiger partial charge in [-0.15, -0.1) is 6.58 Å². The molecule has 1 fully saturated rings. The Hall–Kier alpha value is -1.30. The van der Waals surface area contributed by atoms with Gasteiger partial charge in [-0.25, -0.2) is 0 Å². The average Bonchev–Trinajstić information content (AvgIpc) is 2.55. The molecular formula is C16H22N2O2S. The number of rotatable bonds is 6. The summed E-state index contributed by atoms with van der Waals surface area (Å²) in [5, 5.41) is 12.1. The van der Waals surface area contributed by atoms with Crippen LogP contribution >= 0.6 is 11.8 Å². The molecule has 0 aromatic heterocycles. The molecule has 0 aliphatic carbocycles. The van der Waals surface area contributed by atoms with E-state index in [9.17, 15) is 9.90 Å². The van der Waals surface area contributed by atoms with Crippen LogP contribution in [-0.4, -0.2) is 53.2 Å². The number of benzene rings is 1. The molecule has 4 nitrogen and oxygen atoms in total. The Morgan fingerprint density at radius 2 is 2.05 bits per heavy atom. The van der Waals surface area contributed by atoms with Gasteiger partial charge in [-0.05, 0) is 5.56 Å². The fraction of sp³-hybridized carbons (Fsp3) is 0.438. The Labute approximate surface area is 130 Å². The van der Waals surface area contributed by atoms with Crippen molar-refractivity contribution in [3.05, 3.63) is 48.6 Å². The lowest BCUT2D eigenvalue weighted by Gasteiger charge is -2.34. The quantitative estimate of drug-likeness (QED) is 0.781. The summed E-state index contributed by atoms with van der Waals surface area (Å²) in [5.74, 6) is 2.01. The van der Waals surface area contributed by atoms with Gasteiger partial charge >= 0.3 is 0 Å². The molecule has 0 bridgehead atoms. The van der Waals surface area contributed by atoms with Crippen LogP contribution in [0.1, 0.15) is 11.6 Å². The van der Waals surface area contributed by atoms with Crippen molar-refractivity contribution in [1.29, 1.82) is 0 Å². The summed E-state index contributed by atoms with van der Waals surface area (Å²) in [4.78, 5) is 14.9. The van der Waals surface area contributed by atoms with Crippen LogP contribution in [0.15, 0.2) is 43.0 Å². The highest BCUT2D eigenvalue weighted by Gasteiger charge is 2.29. The van der Waals surface area contributed by atoms with Crippen LogP contribution < -0.4 is 5.32 Å². The zero-order chi connectivity index (χ0) is 15.1. The molecule has 21 heavy (non-hydrogen) atoms. The summed E-state index contributed by atoms with van der Waals surface area (Å²) in [5.41, 5.74) is 0.989. The van der Waals surface area contributed by atoms with E-state index in [1.165, 1.54) is 0 Å². The van der Waals surface area contributed by atoms with Crippen LogP contribution in [0.3, 0.4) is 0 Å². The van der Waals surface area contributed by atoms with E-state index in [2.05, 4.69) is 16.8 Å². The van der Waals surface area contributed by atoms with E-state index in [4.69, 9.17) is 0 Å². The van der Waals surface area contributed by atoms with Crippen molar-refractivity contribution < 1.29 is 9.90 Å². The Kier molecular flexibility index (Phi) is 6.29. The Bertz CT molecular complexity index is 461. The lowest BCUT2D eigenvalue weighted by atomic mass is 10.0. The first-order chi connectivity index (χ1) is 10.3. The first-order valence-electron chi connectivity index (χ1n) is 7.16. The number of carbonyl (C=O) groups is 1. The highest BCUT2D eigenvalue weighted by molar-refractivity contribution is 7.99. The molecule has 0 unspecified atom stereocenters. The van der Waals surface area contributed by atoms with Crippen molar-refractivity contribution in [2.24, 2.45) is 0 Å². The Balaban J connectivity index is 2.18. The molecular weight excluding hydrogens is 284 g/mol. The van der Waals surface area contributed by atoms with Crippen molar-refractivity contribution in [3.63, 3.8) is 0 Å². The third-order valence-corrected chi connectivity index (χ3v) is 4.53. The number of amides is 1. The van der Waals surface area contributed by atoms with Crippen LogP contribution in [-0.2, 0) is 4.79 Å². The minimum atomic E-state index is -0.400. The molecule has 0 spiro atoms. The summed E-state index contributed by atoms with van der Waals surface area (Å²) in [7, 11) is 0. The molecule has 0 saturated carbocycles. The largest absolute Gasteiger partial charge is 0.394 e. The van der Waals surface area contributed by atoms with Gasteiger partial charge in [-0.1, -0.05) is 36.4 Å². The molecule has 2 N–H and O–H groups in total. The molecule has 1 aromatic carbocycles. The monoisotopic (exact) mass is 306 g/mol. The highest BCUT2D eigenvalue weighted by atomic mass is 32.2. The number of carbonyl (C=O) groups excluding carboxylic acids is 1. The number of hydrogen-bond donors (Lipinski definition) is 2. The molecule has 2 rings (SSSR count). The minimum absolute atomic E-state index is 0.0768. The maximum atomic E-state index is 12.7. The van der Waals surface area contributed by atoms with Gasteiger partial charge in [0, 0.05) is 24.6 Å². The van der Waals surface area contributed by atoms with E-state index in [1.54, 1.807) is 6.08 Å². The van der Waals surface area contributed by atoms with Crippen molar-refractivity contribution in [2.75, 3.05) is 31.2 Å². The summed E-state index contributed by atoms with van der Waals surface area (Å²) >= 11 is 1.92. The first kappa shape index (κ1) is 16.1. The van der Waals surface area contributed by atoms with E-state index in [-0.39, 0.29) is 18.6 Å². The molecule has 1 heterocycles. The zero-order valence-electron chi connectivity index (χ0n) is 12.1. The van der Waals surface area contributed by atoms with Gasteiger partial charge in [0.1, 0.15) is 6.04 Å². The molecule has 1 aliphatic rings. The normalized spacial score (nSPS) is 18.7. The third kappa shape index (κ3) is 4.33. The summed E-state index contributed by atoms with van der Waals surface area (Å²) in [6.07, 6.45) is 1.56. The van der Waals surface area contributed by atoms with E-state index < -0.39 is 6.04 Å². The summed E-state index contributed by atoms with van der Waals surface area (Å²) < 4.78 is 0. The van der Waals surface area contributed by atoms with E-state index in [0.717, 1.165) is 30.2 Å². The molecule has 2 atom stereocenters. The predicted octanol–water partition coefficient (Wildman–Crippen LogP) is 1.44. The predicted molar refractivity (Wildman–Crippen MR) is 87.3 cm³/mol. The summed E-state index contributed by atoms with van der Waals surface area (Å²) in [6, 6.07) is 9.10. The standard InChI is InChI=1S/C16H22N2O2S/c1-2-14(12-19)17-16(20)15(13-6-4-3-5-7-13)18-8-10-21-11-9-18/h2-7,14-15,19H,1,8-12H2,(H,17,20)/t14-,15-/m0/s1. The lowest BCUT2D eigenvalue weighted by Crippen LogP contribution is -2.47. The molecule has 114 valence electrons. The van der Waals surface area contributed by atoms with Gasteiger partial charge in [0.05, 0.1) is 12.6 Å². The maximum absolute atomic E-state index is 12.7. The Morgan fingerprint density at radius 3 is 2.62 bits per heavy atom. The second kappa shape index (κ2) is 8.22. The van der Waals surface area contributed by atoms with Gasteiger partial charge in [-0.3, -0.25) is 9.69 Å².